The van der Waals surface area contributed by atoms with E-state index in [1.165, 1.54) is 0 Å². The maximum atomic E-state index is 5.89. The predicted octanol–water partition coefficient (Wildman–Crippen LogP) is 2.33. The van der Waals surface area contributed by atoms with Crippen molar-refractivity contribution in [2.75, 3.05) is 13.2 Å². The van der Waals surface area contributed by atoms with E-state index in [9.17, 15) is 0 Å². The van der Waals surface area contributed by atoms with Gasteiger partial charge in [-0.2, -0.15) is 0 Å². The normalized spacial score (nSPS) is 18.1. The zero-order valence-corrected chi connectivity index (χ0v) is 13.4. The van der Waals surface area contributed by atoms with E-state index >= 15 is 0 Å². The zero-order chi connectivity index (χ0) is 15.3. The molecule has 5 nitrogen and oxygen atoms in total. The molecule has 0 aromatic carbocycles. The lowest BCUT2D eigenvalue weighted by Crippen LogP contribution is -2.37. The smallest absolute Gasteiger partial charge is 0.191 e. The maximum absolute atomic E-state index is 5.89. The Balaban J connectivity index is 1.87. The largest absolute Gasteiger partial charge is 0.492 e. The van der Waals surface area contributed by atoms with Crippen molar-refractivity contribution in [2.24, 2.45) is 10.4 Å². The van der Waals surface area contributed by atoms with Crippen molar-refractivity contribution in [1.29, 1.82) is 0 Å². The molecule has 1 unspecified atom stereocenters. The third-order valence-corrected chi connectivity index (χ3v) is 3.33. The van der Waals surface area contributed by atoms with Crippen LogP contribution < -0.4 is 15.4 Å². The molecule has 1 aromatic rings. The Bertz CT molecular complexity index is 493. The van der Waals surface area contributed by atoms with Crippen LogP contribution in [0.25, 0.3) is 0 Å². The molecule has 0 saturated heterocycles. The molecule has 0 aliphatic carbocycles. The Morgan fingerprint density at radius 1 is 1.43 bits per heavy atom. The minimum atomic E-state index is 0.277. The van der Waals surface area contributed by atoms with Gasteiger partial charge in [0.15, 0.2) is 5.96 Å². The molecule has 116 valence electrons. The first kappa shape index (κ1) is 15.6. The minimum Gasteiger partial charge on any atom is -0.492 e. The van der Waals surface area contributed by atoms with Crippen molar-refractivity contribution in [1.82, 2.24) is 15.6 Å². The van der Waals surface area contributed by atoms with Gasteiger partial charge in [-0.1, -0.05) is 20.8 Å². The van der Waals surface area contributed by atoms with Crippen LogP contribution >= 0.6 is 0 Å². The van der Waals surface area contributed by atoms with Gasteiger partial charge in [-0.25, -0.2) is 0 Å². The third kappa shape index (κ3) is 5.25. The molecular weight excluding hydrogens is 264 g/mol. The van der Waals surface area contributed by atoms with E-state index in [0.29, 0.717) is 19.2 Å². The Hall–Kier alpha value is -1.78. The second-order valence-corrected chi connectivity index (χ2v) is 6.73. The second-order valence-electron chi connectivity index (χ2n) is 6.73. The van der Waals surface area contributed by atoms with E-state index in [1.807, 2.05) is 6.07 Å². The number of guanidine groups is 1. The number of hydrogen-bond donors (Lipinski definition) is 2. The lowest BCUT2D eigenvalue weighted by atomic mass is 9.93. The average molecular weight is 290 g/mol. The van der Waals surface area contributed by atoms with Crippen LogP contribution in [0.5, 0.6) is 5.75 Å². The molecule has 5 heteroatoms. The molecule has 1 atom stereocenters. The minimum absolute atomic E-state index is 0.277. The SMILES string of the molecule is CC1CN=C(NCc2ccncc2OCCC(C)(C)C)N1. The number of aromatic nitrogens is 1. The number of nitrogens with zero attached hydrogens (tertiary/aromatic N) is 2. The Morgan fingerprint density at radius 2 is 2.24 bits per heavy atom. The first-order chi connectivity index (χ1) is 9.94. The summed E-state index contributed by atoms with van der Waals surface area (Å²) < 4.78 is 5.89. The van der Waals surface area contributed by atoms with E-state index in [2.05, 4.69) is 48.3 Å². The molecule has 0 bridgehead atoms. The molecule has 0 spiro atoms. The van der Waals surface area contributed by atoms with Crippen molar-refractivity contribution in [3.63, 3.8) is 0 Å². The van der Waals surface area contributed by atoms with Crippen LogP contribution in [-0.2, 0) is 6.54 Å². The van der Waals surface area contributed by atoms with Crippen molar-refractivity contribution < 1.29 is 4.74 Å². The van der Waals surface area contributed by atoms with Crippen LogP contribution in [0.3, 0.4) is 0 Å². The predicted molar refractivity (Wildman–Crippen MR) is 85.5 cm³/mol. The summed E-state index contributed by atoms with van der Waals surface area (Å²) in [5.41, 5.74) is 1.38. The molecule has 2 N–H and O–H groups in total. The Labute approximate surface area is 127 Å². The van der Waals surface area contributed by atoms with Gasteiger partial charge in [-0.3, -0.25) is 9.98 Å². The van der Waals surface area contributed by atoms with E-state index in [1.54, 1.807) is 12.4 Å². The first-order valence-corrected chi connectivity index (χ1v) is 7.54. The molecule has 0 saturated carbocycles. The van der Waals surface area contributed by atoms with Crippen LogP contribution in [0.2, 0.25) is 0 Å². The standard InChI is InChI=1S/C16H26N4O/c1-12-9-18-15(20-12)19-10-13-5-7-17-11-14(13)21-8-6-16(2,3)4/h5,7,11-12H,6,8-10H2,1-4H3,(H2,18,19,20). The highest BCUT2D eigenvalue weighted by molar-refractivity contribution is 5.81. The summed E-state index contributed by atoms with van der Waals surface area (Å²) in [6.45, 7) is 11.0. The fraction of sp³-hybridized carbons (Fsp3) is 0.625. The summed E-state index contributed by atoms with van der Waals surface area (Å²) >= 11 is 0. The molecule has 2 heterocycles. The van der Waals surface area contributed by atoms with Gasteiger partial charge in [0.2, 0.25) is 0 Å². The Morgan fingerprint density at radius 3 is 2.90 bits per heavy atom. The lowest BCUT2D eigenvalue weighted by molar-refractivity contribution is 0.240. The van der Waals surface area contributed by atoms with Crippen molar-refractivity contribution in [2.45, 2.75) is 46.7 Å². The van der Waals surface area contributed by atoms with Gasteiger partial charge in [-0.05, 0) is 24.8 Å². The van der Waals surface area contributed by atoms with Crippen LogP contribution in [0.15, 0.2) is 23.5 Å². The summed E-state index contributed by atoms with van der Waals surface area (Å²) in [4.78, 5) is 8.55. The van der Waals surface area contributed by atoms with E-state index in [0.717, 1.165) is 30.2 Å². The van der Waals surface area contributed by atoms with Gasteiger partial charge in [0.25, 0.3) is 0 Å². The van der Waals surface area contributed by atoms with E-state index in [-0.39, 0.29) is 5.41 Å². The number of ether oxygens (including phenoxy) is 1. The topological polar surface area (TPSA) is 58.5 Å². The van der Waals surface area contributed by atoms with Crippen molar-refractivity contribution in [3.05, 3.63) is 24.0 Å². The van der Waals surface area contributed by atoms with Crippen LogP contribution in [0.1, 0.15) is 39.7 Å². The monoisotopic (exact) mass is 290 g/mol. The van der Waals surface area contributed by atoms with Crippen LogP contribution in [-0.4, -0.2) is 30.1 Å². The van der Waals surface area contributed by atoms with Crippen LogP contribution in [0.4, 0.5) is 0 Å². The number of pyridine rings is 1. The van der Waals surface area contributed by atoms with Crippen LogP contribution in [0, 0.1) is 5.41 Å². The summed E-state index contributed by atoms with van der Waals surface area (Å²) in [5, 5.41) is 6.60. The highest BCUT2D eigenvalue weighted by Crippen LogP contribution is 2.21. The summed E-state index contributed by atoms with van der Waals surface area (Å²) in [6.07, 6.45) is 4.59. The molecule has 0 amide bonds. The zero-order valence-electron chi connectivity index (χ0n) is 13.4. The molecule has 0 fully saturated rings. The molecule has 2 rings (SSSR count). The van der Waals surface area contributed by atoms with E-state index < -0.39 is 0 Å². The lowest BCUT2D eigenvalue weighted by Gasteiger charge is -2.19. The van der Waals surface area contributed by atoms with Crippen molar-refractivity contribution >= 4 is 5.96 Å². The average Bonchev–Trinajstić information content (AvgIpc) is 2.82. The van der Waals surface area contributed by atoms with Gasteiger partial charge in [0, 0.05) is 24.3 Å². The second kappa shape index (κ2) is 6.78. The molecule has 0 radical (unpaired) electrons. The number of hydrogen-bond acceptors (Lipinski definition) is 5. The summed E-state index contributed by atoms with van der Waals surface area (Å²) in [6, 6.07) is 2.39. The van der Waals surface area contributed by atoms with Gasteiger partial charge >= 0.3 is 0 Å². The van der Waals surface area contributed by atoms with Gasteiger partial charge in [0.1, 0.15) is 5.75 Å². The molecule has 1 aliphatic rings. The highest BCUT2D eigenvalue weighted by Gasteiger charge is 2.13. The number of nitrogens with one attached hydrogen (secondary N) is 2. The van der Waals surface area contributed by atoms with Gasteiger partial charge in [-0.15, -0.1) is 0 Å². The molecule has 21 heavy (non-hydrogen) atoms. The summed E-state index contributed by atoms with van der Waals surface area (Å²) in [5.74, 6) is 1.71. The van der Waals surface area contributed by atoms with Gasteiger partial charge < -0.3 is 15.4 Å². The molecule has 1 aromatic heterocycles. The number of aliphatic imine (C=N–C) groups is 1. The highest BCUT2D eigenvalue weighted by atomic mass is 16.5. The maximum Gasteiger partial charge on any atom is 0.191 e. The first-order valence-electron chi connectivity index (χ1n) is 7.54. The van der Waals surface area contributed by atoms with Crippen molar-refractivity contribution in [3.8, 4) is 5.75 Å². The fourth-order valence-corrected chi connectivity index (χ4v) is 1.99. The number of rotatable bonds is 5. The fourth-order valence-electron chi connectivity index (χ4n) is 1.99. The third-order valence-electron chi connectivity index (χ3n) is 3.33. The Kier molecular flexibility index (Phi) is 5.04. The van der Waals surface area contributed by atoms with E-state index in [4.69, 9.17) is 4.74 Å². The molecular formula is C16H26N4O. The summed E-state index contributed by atoms with van der Waals surface area (Å²) in [7, 11) is 0. The van der Waals surface area contributed by atoms with Gasteiger partial charge in [0.05, 0.1) is 19.3 Å². The quantitative estimate of drug-likeness (QED) is 0.874. The molecule has 1 aliphatic heterocycles.